The fraction of sp³-hybridized carbons (Fsp3) is 0.385. The van der Waals surface area contributed by atoms with Crippen molar-refractivity contribution in [1.82, 2.24) is 4.90 Å². The normalized spacial score (nSPS) is 11.7. The lowest BCUT2D eigenvalue weighted by Crippen LogP contribution is -2.36. The first kappa shape index (κ1) is 14.2. The molecule has 0 bridgehead atoms. The molecule has 1 aromatic carbocycles. The van der Waals surface area contributed by atoms with Crippen molar-refractivity contribution < 1.29 is 19.1 Å². The van der Waals surface area contributed by atoms with Gasteiger partial charge in [0, 0.05) is 14.2 Å². The van der Waals surface area contributed by atoms with Crippen molar-refractivity contribution in [3.63, 3.8) is 0 Å². The van der Waals surface area contributed by atoms with Crippen LogP contribution in [0.15, 0.2) is 30.3 Å². The van der Waals surface area contributed by atoms with Gasteiger partial charge >= 0.3 is 5.97 Å². The molecule has 98 valence electrons. The smallest absolute Gasteiger partial charge is 0.325 e. The number of carbonyl (C=O) groups excluding carboxylic acids is 2. The number of ether oxygens (including phenoxy) is 2. The molecule has 18 heavy (non-hydrogen) atoms. The molecule has 0 saturated carbocycles. The van der Waals surface area contributed by atoms with E-state index < -0.39 is 12.1 Å². The minimum atomic E-state index is -0.708. The van der Waals surface area contributed by atoms with Gasteiger partial charge in [-0.15, -0.1) is 0 Å². The number of hydrogen-bond acceptors (Lipinski definition) is 4. The molecule has 0 aromatic heterocycles. The van der Waals surface area contributed by atoms with E-state index in [4.69, 9.17) is 4.74 Å². The molecule has 0 aliphatic heterocycles. The van der Waals surface area contributed by atoms with Gasteiger partial charge in [0.25, 0.3) is 5.91 Å². The Balaban J connectivity index is 2.77. The summed E-state index contributed by atoms with van der Waals surface area (Å²) in [6.45, 7) is -0.0952. The quantitative estimate of drug-likeness (QED) is 0.733. The van der Waals surface area contributed by atoms with E-state index in [1.54, 1.807) is 12.1 Å². The Bertz CT molecular complexity index is 405. The van der Waals surface area contributed by atoms with E-state index in [9.17, 15) is 9.59 Å². The van der Waals surface area contributed by atoms with Crippen molar-refractivity contribution >= 4 is 11.9 Å². The van der Waals surface area contributed by atoms with Crippen LogP contribution in [-0.4, -0.2) is 44.6 Å². The summed E-state index contributed by atoms with van der Waals surface area (Å²) in [5, 5.41) is 0. The van der Waals surface area contributed by atoms with Gasteiger partial charge in [-0.05, 0) is 5.56 Å². The van der Waals surface area contributed by atoms with E-state index in [1.807, 2.05) is 18.2 Å². The molecule has 1 aromatic rings. The van der Waals surface area contributed by atoms with E-state index in [0.29, 0.717) is 0 Å². The van der Waals surface area contributed by atoms with Crippen LogP contribution in [0.1, 0.15) is 11.7 Å². The second kappa shape index (κ2) is 6.76. The molecule has 0 N–H and O–H groups in total. The number of methoxy groups -OCH3 is 2. The molecule has 5 heteroatoms. The average molecular weight is 251 g/mol. The molecule has 1 unspecified atom stereocenters. The number of rotatable bonds is 5. The SMILES string of the molecule is COC(=O)CN(C)C(=O)C(OC)c1ccccc1. The second-order valence-electron chi connectivity index (χ2n) is 3.80. The number of carbonyl (C=O) groups is 2. The Morgan fingerprint density at radius 1 is 1.22 bits per heavy atom. The molecule has 0 fully saturated rings. The third-order valence-corrected chi connectivity index (χ3v) is 2.53. The first-order chi connectivity index (χ1) is 8.60. The summed E-state index contributed by atoms with van der Waals surface area (Å²) in [6, 6.07) is 9.12. The highest BCUT2D eigenvalue weighted by molar-refractivity contribution is 5.85. The Morgan fingerprint density at radius 2 is 1.83 bits per heavy atom. The summed E-state index contributed by atoms with van der Waals surface area (Å²) in [6.07, 6.45) is -0.708. The lowest BCUT2D eigenvalue weighted by Gasteiger charge is -2.22. The number of nitrogens with zero attached hydrogens (tertiary/aromatic N) is 1. The summed E-state index contributed by atoms with van der Waals surface area (Å²) in [4.78, 5) is 24.5. The van der Waals surface area contributed by atoms with Crippen molar-refractivity contribution in [3.05, 3.63) is 35.9 Å². The van der Waals surface area contributed by atoms with Gasteiger partial charge in [-0.3, -0.25) is 9.59 Å². The standard InChI is InChI=1S/C13H17NO4/c1-14(9-11(15)17-2)13(16)12(18-3)10-7-5-4-6-8-10/h4-8,12H,9H2,1-3H3. The van der Waals surface area contributed by atoms with Gasteiger partial charge in [0.05, 0.1) is 7.11 Å². The Morgan fingerprint density at radius 3 is 2.33 bits per heavy atom. The molecule has 1 atom stereocenters. The largest absolute Gasteiger partial charge is 0.468 e. The van der Waals surface area contributed by atoms with Gasteiger partial charge in [0.15, 0.2) is 6.10 Å². The minimum absolute atomic E-state index is 0.0952. The zero-order valence-electron chi connectivity index (χ0n) is 10.8. The van der Waals surface area contributed by atoms with Crippen LogP contribution in [0.4, 0.5) is 0 Å². The zero-order valence-corrected chi connectivity index (χ0v) is 10.8. The van der Waals surface area contributed by atoms with Crippen LogP contribution in [0.3, 0.4) is 0 Å². The fourth-order valence-electron chi connectivity index (χ4n) is 1.54. The van der Waals surface area contributed by atoms with Gasteiger partial charge in [0.2, 0.25) is 0 Å². The highest BCUT2D eigenvalue weighted by atomic mass is 16.5. The van der Waals surface area contributed by atoms with Gasteiger partial charge in [-0.25, -0.2) is 0 Å². The third-order valence-electron chi connectivity index (χ3n) is 2.53. The van der Waals surface area contributed by atoms with Crippen molar-refractivity contribution in [3.8, 4) is 0 Å². The third kappa shape index (κ3) is 3.56. The van der Waals surface area contributed by atoms with Crippen LogP contribution >= 0.6 is 0 Å². The predicted octanol–water partition coefficient (Wildman–Crippen LogP) is 1.01. The lowest BCUT2D eigenvalue weighted by atomic mass is 10.1. The summed E-state index contributed by atoms with van der Waals surface area (Å²) < 4.78 is 9.71. The topological polar surface area (TPSA) is 55.8 Å². The maximum absolute atomic E-state index is 12.1. The fourth-order valence-corrected chi connectivity index (χ4v) is 1.54. The van der Waals surface area contributed by atoms with Crippen LogP contribution in [0.5, 0.6) is 0 Å². The molecule has 1 amide bonds. The molecular weight excluding hydrogens is 234 g/mol. The molecule has 0 aliphatic rings. The van der Waals surface area contributed by atoms with E-state index in [2.05, 4.69) is 4.74 Å². The van der Waals surface area contributed by atoms with Crippen LogP contribution in [0.2, 0.25) is 0 Å². The highest BCUT2D eigenvalue weighted by Gasteiger charge is 2.24. The maximum Gasteiger partial charge on any atom is 0.325 e. The van der Waals surface area contributed by atoms with Crippen LogP contribution in [0.25, 0.3) is 0 Å². The average Bonchev–Trinajstić information content (AvgIpc) is 2.40. The number of esters is 1. The number of hydrogen-bond donors (Lipinski definition) is 0. The summed E-state index contributed by atoms with van der Waals surface area (Å²) in [7, 11) is 4.28. The van der Waals surface area contributed by atoms with Crippen molar-refractivity contribution in [2.75, 3.05) is 27.8 Å². The molecule has 0 saturated heterocycles. The summed E-state index contributed by atoms with van der Waals surface area (Å²) >= 11 is 0. The zero-order chi connectivity index (χ0) is 13.5. The van der Waals surface area contributed by atoms with Crippen LogP contribution < -0.4 is 0 Å². The van der Waals surface area contributed by atoms with Crippen molar-refractivity contribution in [2.45, 2.75) is 6.10 Å². The van der Waals surface area contributed by atoms with Gasteiger partial charge in [-0.1, -0.05) is 30.3 Å². The summed E-state index contributed by atoms with van der Waals surface area (Å²) in [5.74, 6) is -0.747. The molecule has 1 rings (SSSR count). The molecule has 0 spiro atoms. The van der Waals surface area contributed by atoms with Crippen LogP contribution in [-0.2, 0) is 19.1 Å². The van der Waals surface area contributed by atoms with Gasteiger partial charge < -0.3 is 14.4 Å². The molecule has 0 aliphatic carbocycles. The molecule has 5 nitrogen and oxygen atoms in total. The highest BCUT2D eigenvalue weighted by Crippen LogP contribution is 2.18. The molecule has 0 heterocycles. The van der Waals surface area contributed by atoms with Gasteiger partial charge in [0.1, 0.15) is 6.54 Å². The number of benzene rings is 1. The Labute approximate surface area is 106 Å². The number of likely N-dealkylation sites (N-methyl/N-ethyl adjacent to an activating group) is 1. The summed E-state index contributed by atoms with van der Waals surface area (Å²) in [5.41, 5.74) is 0.752. The Kier molecular flexibility index (Phi) is 5.32. The first-order valence-corrected chi connectivity index (χ1v) is 5.49. The maximum atomic E-state index is 12.1. The van der Waals surface area contributed by atoms with Gasteiger partial charge in [-0.2, -0.15) is 0 Å². The molecular formula is C13H17NO4. The number of amides is 1. The lowest BCUT2D eigenvalue weighted by molar-refractivity contribution is -0.150. The van der Waals surface area contributed by atoms with E-state index in [-0.39, 0.29) is 12.5 Å². The first-order valence-electron chi connectivity index (χ1n) is 5.49. The van der Waals surface area contributed by atoms with Crippen molar-refractivity contribution in [1.29, 1.82) is 0 Å². The monoisotopic (exact) mass is 251 g/mol. The Hall–Kier alpha value is -1.88. The molecule has 0 radical (unpaired) electrons. The van der Waals surface area contributed by atoms with E-state index in [1.165, 1.54) is 26.2 Å². The minimum Gasteiger partial charge on any atom is -0.468 e. The van der Waals surface area contributed by atoms with Crippen molar-refractivity contribution in [2.24, 2.45) is 0 Å². The van der Waals surface area contributed by atoms with E-state index in [0.717, 1.165) is 5.56 Å². The van der Waals surface area contributed by atoms with E-state index >= 15 is 0 Å². The van der Waals surface area contributed by atoms with Crippen LogP contribution in [0, 0.1) is 0 Å². The second-order valence-corrected chi connectivity index (χ2v) is 3.80. The predicted molar refractivity (Wildman–Crippen MR) is 65.8 cm³/mol.